The first kappa shape index (κ1) is 27.1. The van der Waals surface area contributed by atoms with Crippen LogP contribution in [0.15, 0.2) is 79.0 Å². The molecule has 0 aliphatic heterocycles. The van der Waals surface area contributed by atoms with Crippen molar-refractivity contribution in [3.05, 3.63) is 118 Å². The summed E-state index contributed by atoms with van der Waals surface area (Å²) in [6, 6.07) is 23.6. The lowest BCUT2D eigenvalue weighted by Gasteiger charge is -2.27. The molecule has 1 saturated carbocycles. The smallest absolute Gasteiger partial charge is 0.254 e. The Morgan fingerprint density at radius 3 is 2.51 bits per heavy atom. The number of pyridine rings is 1. The molecular formula is C32H35ClN4O2. The van der Waals surface area contributed by atoms with Crippen LogP contribution >= 0.6 is 11.6 Å². The minimum Gasteiger partial charge on any atom is -0.388 e. The number of nitrogens with one attached hydrogen (secondary N) is 1. The molecule has 2 N–H and O–H groups in total. The second-order valence-corrected chi connectivity index (χ2v) is 11.2. The number of nitrogens with zero attached hydrogens (tertiary/aromatic N) is 3. The summed E-state index contributed by atoms with van der Waals surface area (Å²) in [6.07, 6.45) is 5.82. The molecule has 202 valence electrons. The van der Waals surface area contributed by atoms with Gasteiger partial charge in [0.2, 0.25) is 0 Å². The molecule has 0 radical (unpaired) electrons. The second kappa shape index (κ2) is 12.1. The highest BCUT2D eigenvalue weighted by atomic mass is 35.5. The average molecular weight is 543 g/mol. The molecule has 2 aromatic heterocycles. The molecule has 4 atom stereocenters. The van der Waals surface area contributed by atoms with E-state index in [9.17, 15) is 9.90 Å². The van der Waals surface area contributed by atoms with Gasteiger partial charge in [-0.3, -0.25) is 9.89 Å². The fourth-order valence-corrected chi connectivity index (χ4v) is 5.88. The zero-order valence-electron chi connectivity index (χ0n) is 22.4. The Labute approximate surface area is 235 Å². The van der Waals surface area contributed by atoms with Gasteiger partial charge in [0.1, 0.15) is 5.15 Å². The van der Waals surface area contributed by atoms with E-state index in [1.54, 1.807) is 17.2 Å². The molecular weight excluding hydrogens is 508 g/mol. The number of aromatic nitrogens is 3. The van der Waals surface area contributed by atoms with E-state index in [-0.39, 0.29) is 17.9 Å². The largest absolute Gasteiger partial charge is 0.388 e. The van der Waals surface area contributed by atoms with Gasteiger partial charge in [0.25, 0.3) is 5.91 Å². The van der Waals surface area contributed by atoms with Crippen molar-refractivity contribution < 1.29 is 9.90 Å². The number of hydrogen-bond acceptors (Lipinski definition) is 4. The summed E-state index contributed by atoms with van der Waals surface area (Å²) < 4.78 is 0. The van der Waals surface area contributed by atoms with Crippen LogP contribution in [0.2, 0.25) is 5.15 Å². The highest BCUT2D eigenvalue weighted by Gasteiger charge is 2.31. The number of rotatable bonds is 9. The van der Waals surface area contributed by atoms with Gasteiger partial charge in [-0.2, -0.15) is 5.10 Å². The van der Waals surface area contributed by atoms with E-state index in [0.717, 1.165) is 48.2 Å². The van der Waals surface area contributed by atoms with Gasteiger partial charge in [0, 0.05) is 24.5 Å². The van der Waals surface area contributed by atoms with Crippen LogP contribution in [0, 0.1) is 18.8 Å². The van der Waals surface area contributed by atoms with Gasteiger partial charge in [-0.15, -0.1) is 0 Å². The zero-order valence-corrected chi connectivity index (χ0v) is 23.2. The topological polar surface area (TPSA) is 82.1 Å². The van der Waals surface area contributed by atoms with Gasteiger partial charge < -0.3 is 10.0 Å². The zero-order chi connectivity index (χ0) is 27.4. The van der Waals surface area contributed by atoms with Crippen molar-refractivity contribution in [1.29, 1.82) is 0 Å². The molecule has 39 heavy (non-hydrogen) atoms. The van der Waals surface area contributed by atoms with E-state index < -0.39 is 6.10 Å². The lowest BCUT2D eigenvalue weighted by Crippen LogP contribution is -2.32. The molecule has 5 rings (SSSR count). The maximum atomic E-state index is 13.5. The van der Waals surface area contributed by atoms with Crippen molar-refractivity contribution in [3.8, 4) is 0 Å². The summed E-state index contributed by atoms with van der Waals surface area (Å²) in [5.41, 5.74) is 5.70. The fourth-order valence-electron chi connectivity index (χ4n) is 5.77. The number of H-pyrrole nitrogens is 1. The third-order valence-electron chi connectivity index (χ3n) is 7.97. The summed E-state index contributed by atoms with van der Waals surface area (Å²) in [6.45, 7) is 1.97. The third kappa shape index (κ3) is 6.57. The SMILES string of the molecule is Cc1cc(C(Cc2ccccc2)N(C)C(=O)c2ccc(CC3CC[C@H]([C@H](O)c4ccc(Cl)nc4)C3)cc2)n[nH]1. The summed E-state index contributed by atoms with van der Waals surface area (Å²) in [7, 11) is 1.86. The minimum absolute atomic E-state index is 0.0243. The standard InChI is InChI=1S/C32H35ClN4O2/c1-21-16-28(36-35-21)29(19-22-6-4-3-5-7-22)37(2)32(39)25-11-8-23(9-12-25)17-24-10-13-26(18-24)31(38)27-14-15-30(33)34-20-27/h3-9,11-12,14-16,20,24,26,29,31,38H,10,13,17-19H2,1-2H3,(H,35,36)/t24?,26-,29?,31-/m0/s1. The van der Waals surface area contributed by atoms with Crippen LogP contribution in [0.3, 0.4) is 0 Å². The van der Waals surface area contributed by atoms with Gasteiger partial charge in [-0.25, -0.2) is 4.98 Å². The van der Waals surface area contributed by atoms with E-state index in [2.05, 4.69) is 39.4 Å². The van der Waals surface area contributed by atoms with Crippen molar-refractivity contribution in [2.75, 3.05) is 7.05 Å². The maximum Gasteiger partial charge on any atom is 0.254 e. The summed E-state index contributed by atoms with van der Waals surface area (Å²) in [5.74, 6) is 0.704. The van der Waals surface area contributed by atoms with Crippen LogP contribution in [-0.2, 0) is 12.8 Å². The predicted molar refractivity (Wildman–Crippen MR) is 153 cm³/mol. The van der Waals surface area contributed by atoms with Crippen LogP contribution in [0.1, 0.15) is 69.8 Å². The van der Waals surface area contributed by atoms with Crippen LogP contribution in [0.5, 0.6) is 0 Å². The molecule has 6 nitrogen and oxygen atoms in total. The van der Waals surface area contributed by atoms with Gasteiger partial charge >= 0.3 is 0 Å². The van der Waals surface area contributed by atoms with Gasteiger partial charge in [-0.05, 0) is 91.8 Å². The number of amides is 1. The lowest BCUT2D eigenvalue weighted by molar-refractivity contribution is 0.0726. The van der Waals surface area contributed by atoms with E-state index in [0.29, 0.717) is 23.1 Å². The molecule has 1 aliphatic carbocycles. The van der Waals surface area contributed by atoms with E-state index in [1.807, 2.05) is 56.4 Å². The number of carbonyl (C=O) groups excluding carboxylic acids is 1. The van der Waals surface area contributed by atoms with Crippen molar-refractivity contribution in [3.63, 3.8) is 0 Å². The molecule has 0 bridgehead atoms. The quantitative estimate of drug-likeness (QED) is 0.236. The van der Waals surface area contributed by atoms with Crippen molar-refractivity contribution in [2.24, 2.45) is 11.8 Å². The Balaban J connectivity index is 1.22. The number of aliphatic hydroxyl groups excluding tert-OH is 1. The first-order chi connectivity index (χ1) is 18.9. The van der Waals surface area contributed by atoms with Crippen LogP contribution in [-0.4, -0.2) is 38.1 Å². The lowest BCUT2D eigenvalue weighted by atomic mass is 9.92. The number of hydrogen-bond donors (Lipinski definition) is 2. The first-order valence-electron chi connectivity index (χ1n) is 13.6. The number of likely N-dealkylation sites (N-methyl/N-ethyl adjacent to an activating group) is 1. The molecule has 1 aliphatic rings. The molecule has 0 spiro atoms. The van der Waals surface area contributed by atoms with Gasteiger partial charge in [0.15, 0.2) is 0 Å². The van der Waals surface area contributed by atoms with Crippen LogP contribution in [0.25, 0.3) is 0 Å². The molecule has 1 amide bonds. The minimum atomic E-state index is -0.516. The number of aryl methyl sites for hydroxylation is 1. The Morgan fingerprint density at radius 1 is 1.08 bits per heavy atom. The highest BCUT2D eigenvalue weighted by molar-refractivity contribution is 6.29. The third-order valence-corrected chi connectivity index (χ3v) is 8.20. The molecule has 0 saturated heterocycles. The molecule has 1 fully saturated rings. The van der Waals surface area contributed by atoms with Gasteiger partial charge in [-0.1, -0.05) is 60.1 Å². The number of carbonyl (C=O) groups is 1. The van der Waals surface area contributed by atoms with Crippen molar-refractivity contribution in [1.82, 2.24) is 20.1 Å². The van der Waals surface area contributed by atoms with Crippen molar-refractivity contribution >= 4 is 17.5 Å². The molecule has 2 unspecified atom stereocenters. The summed E-state index contributed by atoms with van der Waals surface area (Å²) in [5, 5.41) is 18.8. The highest BCUT2D eigenvalue weighted by Crippen LogP contribution is 2.40. The monoisotopic (exact) mass is 542 g/mol. The Morgan fingerprint density at radius 2 is 1.85 bits per heavy atom. The number of halogens is 1. The average Bonchev–Trinajstić information content (AvgIpc) is 3.61. The Kier molecular flexibility index (Phi) is 8.44. The van der Waals surface area contributed by atoms with E-state index >= 15 is 0 Å². The number of aliphatic hydroxyl groups is 1. The summed E-state index contributed by atoms with van der Waals surface area (Å²) >= 11 is 5.89. The van der Waals surface area contributed by atoms with E-state index in [4.69, 9.17) is 11.6 Å². The summed E-state index contributed by atoms with van der Waals surface area (Å²) in [4.78, 5) is 19.4. The second-order valence-electron chi connectivity index (χ2n) is 10.8. The first-order valence-corrected chi connectivity index (χ1v) is 14.0. The molecule has 7 heteroatoms. The van der Waals surface area contributed by atoms with Crippen molar-refractivity contribution in [2.45, 2.75) is 51.2 Å². The fraction of sp³-hybridized carbons (Fsp3) is 0.344. The number of aromatic amines is 1. The number of benzene rings is 2. The maximum absolute atomic E-state index is 13.5. The normalized spacial score (nSPS) is 18.6. The molecule has 2 heterocycles. The Bertz CT molecular complexity index is 1370. The van der Waals surface area contributed by atoms with Crippen LogP contribution < -0.4 is 0 Å². The molecule has 2 aromatic carbocycles. The predicted octanol–water partition coefficient (Wildman–Crippen LogP) is 6.51. The molecule has 4 aromatic rings. The Hall–Kier alpha value is -3.48. The van der Waals surface area contributed by atoms with Gasteiger partial charge in [0.05, 0.1) is 17.8 Å². The van der Waals surface area contributed by atoms with Crippen LogP contribution in [0.4, 0.5) is 0 Å². The van der Waals surface area contributed by atoms with E-state index in [1.165, 1.54) is 5.56 Å².